The topological polar surface area (TPSA) is 59.3 Å². The van der Waals surface area contributed by atoms with Crippen LogP contribution in [0.4, 0.5) is 0 Å². The van der Waals surface area contributed by atoms with Gasteiger partial charge in [-0.15, -0.1) is 0 Å². The number of benzene rings is 1. The van der Waals surface area contributed by atoms with Crippen molar-refractivity contribution in [1.29, 1.82) is 0 Å². The smallest absolute Gasteiger partial charge is 0.341 e. The molecule has 0 unspecified atom stereocenters. The molecule has 0 fully saturated rings. The Kier molecular flexibility index (Phi) is 3.96. The number of carboxylic acids is 1. The largest absolute Gasteiger partial charge is 0.477 e. The molecular weight excluding hydrogens is 326 g/mol. The van der Waals surface area contributed by atoms with Crippen LogP contribution in [0.2, 0.25) is 0 Å². The molecule has 0 amide bonds. The molecule has 0 atom stereocenters. The molecule has 26 heavy (non-hydrogen) atoms. The van der Waals surface area contributed by atoms with Crippen LogP contribution in [0, 0.1) is 6.92 Å². The molecule has 1 aromatic carbocycles. The van der Waals surface area contributed by atoms with Crippen molar-refractivity contribution in [2.75, 3.05) is 0 Å². The number of nitrogens with zero attached hydrogens (tertiary/aromatic N) is 1. The van der Waals surface area contributed by atoms with Crippen LogP contribution in [-0.2, 0) is 6.54 Å². The molecule has 4 heteroatoms. The zero-order valence-corrected chi connectivity index (χ0v) is 14.5. The number of aryl methyl sites for hydroxylation is 2. The highest BCUT2D eigenvalue weighted by atomic mass is 16.4. The monoisotopic (exact) mass is 345 g/mol. The SMILES string of the molecule is Cc1cccc(C2=C3C=C(CC=C2)CCn2cc(C(=O)O)c(=O)cc23)c1. The second-order valence-corrected chi connectivity index (χ2v) is 6.79. The molecule has 2 aromatic rings. The summed E-state index contributed by atoms with van der Waals surface area (Å²) < 4.78 is 1.90. The number of carbonyl (C=O) groups is 1. The standard InChI is InChI=1S/C22H19NO3/c1-14-4-2-6-16(10-14)17-7-3-5-15-8-9-23-13-19(22(25)26)21(24)12-20(23)18(17)11-15/h2-4,6-7,10-13H,5,8-9H2,1H3,(H,25,26). The number of aromatic nitrogens is 1. The minimum atomic E-state index is -1.18. The predicted octanol–water partition coefficient (Wildman–Crippen LogP) is 4.06. The van der Waals surface area contributed by atoms with Gasteiger partial charge in [0, 0.05) is 24.4 Å². The Balaban J connectivity index is 2.02. The van der Waals surface area contributed by atoms with Crippen molar-refractivity contribution in [1.82, 2.24) is 4.57 Å². The molecule has 1 aliphatic carbocycles. The summed E-state index contributed by atoms with van der Waals surface area (Å²) in [6.45, 7) is 2.72. The van der Waals surface area contributed by atoms with E-state index in [1.54, 1.807) is 0 Å². The summed E-state index contributed by atoms with van der Waals surface area (Å²) in [5.74, 6) is -1.18. The number of hydrogen-bond donors (Lipinski definition) is 1. The lowest BCUT2D eigenvalue weighted by Gasteiger charge is -2.16. The maximum Gasteiger partial charge on any atom is 0.341 e. The third kappa shape index (κ3) is 2.84. The first kappa shape index (κ1) is 16.3. The van der Waals surface area contributed by atoms with Crippen molar-refractivity contribution in [3.05, 3.63) is 92.9 Å². The van der Waals surface area contributed by atoms with E-state index in [0.29, 0.717) is 6.54 Å². The van der Waals surface area contributed by atoms with Crippen molar-refractivity contribution in [3.63, 3.8) is 0 Å². The van der Waals surface area contributed by atoms with Crippen molar-refractivity contribution in [3.8, 4) is 0 Å². The van der Waals surface area contributed by atoms with Gasteiger partial charge in [0.05, 0.1) is 5.69 Å². The van der Waals surface area contributed by atoms with E-state index in [0.717, 1.165) is 35.2 Å². The van der Waals surface area contributed by atoms with Crippen LogP contribution in [-0.4, -0.2) is 15.6 Å². The number of fused-ring (bicyclic) bond motifs is 3. The molecule has 130 valence electrons. The van der Waals surface area contributed by atoms with E-state index in [2.05, 4.69) is 43.4 Å². The summed E-state index contributed by atoms with van der Waals surface area (Å²) in [5.41, 5.74) is 5.73. The molecule has 2 heterocycles. The van der Waals surface area contributed by atoms with Gasteiger partial charge < -0.3 is 9.67 Å². The van der Waals surface area contributed by atoms with Crippen LogP contribution in [0.25, 0.3) is 11.1 Å². The van der Waals surface area contributed by atoms with Gasteiger partial charge >= 0.3 is 5.97 Å². The number of rotatable bonds is 2. The molecule has 4 rings (SSSR count). The molecule has 1 aliphatic heterocycles. The molecular formula is C22H19NO3. The molecule has 0 saturated heterocycles. The van der Waals surface area contributed by atoms with E-state index in [9.17, 15) is 14.7 Å². The normalized spacial score (nSPS) is 15.8. The van der Waals surface area contributed by atoms with E-state index >= 15 is 0 Å². The van der Waals surface area contributed by atoms with E-state index in [1.807, 2.05) is 10.6 Å². The van der Waals surface area contributed by atoms with Crippen molar-refractivity contribution < 1.29 is 9.90 Å². The number of carboxylic acid groups (broad SMARTS) is 1. The molecule has 0 radical (unpaired) electrons. The summed E-state index contributed by atoms with van der Waals surface area (Å²) in [5, 5.41) is 9.28. The van der Waals surface area contributed by atoms with Crippen LogP contribution in [0.3, 0.4) is 0 Å². The fourth-order valence-electron chi connectivity index (χ4n) is 3.63. The maximum atomic E-state index is 12.3. The van der Waals surface area contributed by atoms with Gasteiger partial charge in [-0.2, -0.15) is 0 Å². The van der Waals surface area contributed by atoms with E-state index in [1.165, 1.54) is 23.4 Å². The van der Waals surface area contributed by atoms with Crippen LogP contribution >= 0.6 is 0 Å². The summed E-state index contributed by atoms with van der Waals surface area (Å²) in [6.07, 6.45) is 9.62. The fraction of sp³-hybridized carbons (Fsp3) is 0.182. The van der Waals surface area contributed by atoms with Gasteiger partial charge in [0.15, 0.2) is 5.43 Å². The Labute approximate surface area is 151 Å². The third-order valence-corrected chi connectivity index (χ3v) is 4.94. The lowest BCUT2D eigenvalue weighted by atomic mass is 9.95. The minimum Gasteiger partial charge on any atom is -0.477 e. The quantitative estimate of drug-likeness (QED) is 0.893. The molecule has 1 N–H and O–H groups in total. The van der Waals surface area contributed by atoms with Gasteiger partial charge in [-0.3, -0.25) is 4.79 Å². The van der Waals surface area contributed by atoms with Gasteiger partial charge in [0.2, 0.25) is 0 Å². The average molecular weight is 345 g/mol. The number of hydrogen-bond acceptors (Lipinski definition) is 2. The number of allylic oxidation sites excluding steroid dienone is 6. The highest BCUT2D eigenvalue weighted by Gasteiger charge is 2.20. The molecule has 2 bridgehead atoms. The van der Waals surface area contributed by atoms with Crippen LogP contribution in [0.5, 0.6) is 0 Å². The first-order valence-electron chi connectivity index (χ1n) is 8.68. The first-order valence-corrected chi connectivity index (χ1v) is 8.68. The van der Waals surface area contributed by atoms with Gasteiger partial charge in [-0.25, -0.2) is 4.79 Å². The Morgan fingerprint density at radius 1 is 1.19 bits per heavy atom. The van der Waals surface area contributed by atoms with Crippen LogP contribution < -0.4 is 5.43 Å². The van der Waals surface area contributed by atoms with Gasteiger partial charge in [-0.1, -0.05) is 53.6 Å². The van der Waals surface area contributed by atoms with Gasteiger partial charge in [0.1, 0.15) is 5.56 Å². The third-order valence-electron chi connectivity index (χ3n) is 4.94. The summed E-state index contributed by atoms with van der Waals surface area (Å²) in [6, 6.07) is 9.75. The Morgan fingerprint density at radius 2 is 2.04 bits per heavy atom. The summed E-state index contributed by atoms with van der Waals surface area (Å²) in [4.78, 5) is 23.7. The minimum absolute atomic E-state index is 0.179. The van der Waals surface area contributed by atoms with Gasteiger partial charge in [0.25, 0.3) is 0 Å². The van der Waals surface area contributed by atoms with E-state index < -0.39 is 11.4 Å². The fourth-order valence-corrected chi connectivity index (χ4v) is 3.63. The predicted molar refractivity (Wildman–Crippen MR) is 102 cm³/mol. The summed E-state index contributed by atoms with van der Waals surface area (Å²) in [7, 11) is 0. The summed E-state index contributed by atoms with van der Waals surface area (Å²) >= 11 is 0. The van der Waals surface area contributed by atoms with Crippen molar-refractivity contribution >= 4 is 17.1 Å². The number of aromatic carboxylic acids is 1. The highest BCUT2D eigenvalue weighted by Crippen LogP contribution is 2.35. The zero-order valence-electron chi connectivity index (χ0n) is 14.5. The lowest BCUT2D eigenvalue weighted by molar-refractivity contribution is 0.0694. The molecule has 0 saturated carbocycles. The van der Waals surface area contributed by atoms with E-state index in [4.69, 9.17) is 0 Å². The molecule has 0 spiro atoms. The lowest BCUT2D eigenvalue weighted by Crippen LogP contribution is -2.19. The Morgan fingerprint density at radius 3 is 2.81 bits per heavy atom. The Bertz CT molecular complexity index is 1070. The number of pyridine rings is 1. The van der Waals surface area contributed by atoms with Crippen LogP contribution in [0.1, 0.15) is 40.0 Å². The first-order chi connectivity index (χ1) is 12.5. The molecule has 1 aromatic heterocycles. The van der Waals surface area contributed by atoms with Gasteiger partial charge in [-0.05, 0) is 30.9 Å². The zero-order chi connectivity index (χ0) is 18.3. The average Bonchev–Trinajstić information content (AvgIpc) is 2.92. The van der Waals surface area contributed by atoms with Crippen molar-refractivity contribution in [2.45, 2.75) is 26.3 Å². The maximum absolute atomic E-state index is 12.3. The second-order valence-electron chi connectivity index (χ2n) is 6.79. The molecule has 4 nitrogen and oxygen atoms in total. The molecule has 2 aliphatic rings. The highest BCUT2D eigenvalue weighted by molar-refractivity contribution is 6.00. The second kappa shape index (κ2) is 6.30. The van der Waals surface area contributed by atoms with Crippen LogP contribution in [0.15, 0.2) is 65.1 Å². The van der Waals surface area contributed by atoms with Crippen molar-refractivity contribution in [2.24, 2.45) is 0 Å². The Hall–Kier alpha value is -3.14. The van der Waals surface area contributed by atoms with E-state index in [-0.39, 0.29) is 5.56 Å².